The molecule has 0 N–H and O–H groups in total. The lowest BCUT2D eigenvalue weighted by Gasteiger charge is -2.20. The van der Waals surface area contributed by atoms with Gasteiger partial charge in [-0.15, -0.1) is 0 Å². The van der Waals surface area contributed by atoms with Crippen molar-refractivity contribution >= 4 is 15.9 Å². The molecule has 1 aliphatic rings. The van der Waals surface area contributed by atoms with Crippen LogP contribution in [0.5, 0.6) is 0 Å². The first kappa shape index (κ1) is 10.2. The zero-order valence-electron chi connectivity index (χ0n) is 8.54. The van der Waals surface area contributed by atoms with E-state index in [2.05, 4.69) is 52.0 Å². The van der Waals surface area contributed by atoms with Gasteiger partial charge < -0.3 is 0 Å². The fourth-order valence-electron chi connectivity index (χ4n) is 2.05. The Labute approximate surface area is 94.2 Å². The van der Waals surface area contributed by atoms with Crippen molar-refractivity contribution in [2.45, 2.75) is 32.4 Å². The minimum Gasteiger partial charge on any atom is -0.296 e. The van der Waals surface area contributed by atoms with E-state index in [1.54, 1.807) is 0 Å². The summed E-state index contributed by atoms with van der Waals surface area (Å²) < 4.78 is 1.16. The van der Waals surface area contributed by atoms with E-state index in [4.69, 9.17) is 0 Å². The SMILES string of the molecule is C[C@@H]1CCCN1Cc1ccc(Br)cc1. The first-order valence-electron chi connectivity index (χ1n) is 5.24. The highest BCUT2D eigenvalue weighted by molar-refractivity contribution is 9.10. The molecular formula is C12H16BrN. The van der Waals surface area contributed by atoms with Crippen molar-refractivity contribution in [2.24, 2.45) is 0 Å². The molecule has 0 saturated carbocycles. The maximum atomic E-state index is 3.46. The average molecular weight is 254 g/mol. The largest absolute Gasteiger partial charge is 0.296 e. The molecule has 0 aliphatic carbocycles. The molecule has 1 nitrogen and oxygen atoms in total. The maximum Gasteiger partial charge on any atom is 0.0236 e. The molecule has 0 bridgehead atoms. The predicted octanol–water partition coefficient (Wildman–Crippen LogP) is 3.43. The summed E-state index contributed by atoms with van der Waals surface area (Å²) in [5, 5.41) is 0. The molecule has 0 spiro atoms. The summed E-state index contributed by atoms with van der Waals surface area (Å²) in [5.74, 6) is 0. The van der Waals surface area contributed by atoms with Crippen LogP contribution < -0.4 is 0 Å². The van der Waals surface area contributed by atoms with Crippen LogP contribution in [0.15, 0.2) is 28.7 Å². The van der Waals surface area contributed by atoms with Gasteiger partial charge in [-0.25, -0.2) is 0 Å². The molecule has 1 fully saturated rings. The van der Waals surface area contributed by atoms with Crippen LogP contribution in [-0.4, -0.2) is 17.5 Å². The summed E-state index contributed by atoms with van der Waals surface area (Å²) in [6.07, 6.45) is 2.72. The Kier molecular flexibility index (Phi) is 3.24. The Balaban J connectivity index is 2.00. The van der Waals surface area contributed by atoms with E-state index in [1.807, 2.05) is 0 Å². The molecule has 14 heavy (non-hydrogen) atoms. The molecule has 1 saturated heterocycles. The molecule has 0 radical (unpaired) electrons. The predicted molar refractivity (Wildman–Crippen MR) is 63.2 cm³/mol. The van der Waals surface area contributed by atoms with Crippen LogP contribution in [0.25, 0.3) is 0 Å². The van der Waals surface area contributed by atoms with Crippen LogP contribution in [-0.2, 0) is 6.54 Å². The highest BCUT2D eigenvalue weighted by Gasteiger charge is 2.19. The third-order valence-corrected chi connectivity index (χ3v) is 3.52. The summed E-state index contributed by atoms with van der Waals surface area (Å²) in [4.78, 5) is 2.56. The summed E-state index contributed by atoms with van der Waals surface area (Å²) in [5.41, 5.74) is 1.42. The van der Waals surface area contributed by atoms with Crippen molar-refractivity contribution in [1.82, 2.24) is 4.90 Å². The van der Waals surface area contributed by atoms with Crippen molar-refractivity contribution < 1.29 is 0 Å². The molecule has 1 heterocycles. The fraction of sp³-hybridized carbons (Fsp3) is 0.500. The van der Waals surface area contributed by atoms with E-state index in [-0.39, 0.29) is 0 Å². The number of nitrogens with zero attached hydrogens (tertiary/aromatic N) is 1. The third-order valence-electron chi connectivity index (χ3n) is 2.99. The van der Waals surface area contributed by atoms with E-state index >= 15 is 0 Å². The Morgan fingerprint density at radius 2 is 2.07 bits per heavy atom. The quantitative estimate of drug-likeness (QED) is 0.781. The Hall–Kier alpha value is -0.340. The number of hydrogen-bond acceptors (Lipinski definition) is 1. The molecule has 1 aromatic carbocycles. The average Bonchev–Trinajstić information content (AvgIpc) is 2.56. The van der Waals surface area contributed by atoms with Crippen molar-refractivity contribution in [3.63, 3.8) is 0 Å². The van der Waals surface area contributed by atoms with Gasteiger partial charge in [0.1, 0.15) is 0 Å². The second-order valence-corrected chi connectivity index (χ2v) is 5.00. The van der Waals surface area contributed by atoms with Gasteiger partial charge in [-0.1, -0.05) is 28.1 Å². The minimum atomic E-state index is 0.763. The summed E-state index contributed by atoms with van der Waals surface area (Å²) in [6, 6.07) is 9.41. The minimum absolute atomic E-state index is 0.763. The third kappa shape index (κ3) is 2.37. The number of likely N-dealkylation sites (tertiary alicyclic amines) is 1. The molecular weight excluding hydrogens is 238 g/mol. The van der Waals surface area contributed by atoms with E-state index in [1.165, 1.54) is 24.9 Å². The highest BCUT2D eigenvalue weighted by Crippen LogP contribution is 2.20. The second-order valence-electron chi connectivity index (χ2n) is 4.09. The lowest BCUT2D eigenvalue weighted by molar-refractivity contribution is 0.260. The zero-order valence-corrected chi connectivity index (χ0v) is 10.1. The van der Waals surface area contributed by atoms with E-state index < -0.39 is 0 Å². The highest BCUT2D eigenvalue weighted by atomic mass is 79.9. The van der Waals surface area contributed by atoms with Gasteiger partial charge in [0.25, 0.3) is 0 Å². The lowest BCUT2D eigenvalue weighted by atomic mass is 10.2. The van der Waals surface area contributed by atoms with Gasteiger partial charge in [-0.3, -0.25) is 4.90 Å². The Morgan fingerprint density at radius 1 is 1.36 bits per heavy atom. The summed E-state index contributed by atoms with van der Waals surface area (Å²) in [6.45, 7) is 4.69. The van der Waals surface area contributed by atoms with Crippen molar-refractivity contribution in [1.29, 1.82) is 0 Å². The molecule has 0 unspecified atom stereocenters. The van der Waals surface area contributed by atoms with Crippen LogP contribution in [0.1, 0.15) is 25.3 Å². The van der Waals surface area contributed by atoms with Crippen LogP contribution >= 0.6 is 15.9 Å². The van der Waals surface area contributed by atoms with Crippen LogP contribution in [0.3, 0.4) is 0 Å². The smallest absolute Gasteiger partial charge is 0.0236 e. The number of hydrogen-bond donors (Lipinski definition) is 0. The summed E-state index contributed by atoms with van der Waals surface area (Å²) in [7, 11) is 0. The zero-order chi connectivity index (χ0) is 9.97. The van der Waals surface area contributed by atoms with Gasteiger partial charge >= 0.3 is 0 Å². The van der Waals surface area contributed by atoms with Gasteiger partial charge in [-0.05, 0) is 44.0 Å². The van der Waals surface area contributed by atoms with Gasteiger partial charge in [0.2, 0.25) is 0 Å². The van der Waals surface area contributed by atoms with E-state index in [0.717, 1.165) is 17.1 Å². The summed E-state index contributed by atoms with van der Waals surface area (Å²) >= 11 is 3.46. The maximum absolute atomic E-state index is 3.46. The Morgan fingerprint density at radius 3 is 2.64 bits per heavy atom. The fourth-order valence-corrected chi connectivity index (χ4v) is 2.32. The van der Waals surface area contributed by atoms with E-state index in [9.17, 15) is 0 Å². The molecule has 1 aromatic rings. The van der Waals surface area contributed by atoms with Gasteiger partial charge in [0.15, 0.2) is 0 Å². The standard InChI is InChI=1S/C12H16BrN/c1-10-3-2-8-14(10)9-11-4-6-12(13)7-5-11/h4-7,10H,2-3,8-9H2,1H3/t10-/m1/s1. The van der Waals surface area contributed by atoms with Gasteiger partial charge in [0.05, 0.1) is 0 Å². The molecule has 2 rings (SSSR count). The first-order chi connectivity index (χ1) is 6.75. The molecule has 0 amide bonds. The molecule has 1 aliphatic heterocycles. The van der Waals surface area contributed by atoms with Crippen molar-refractivity contribution in [2.75, 3.05) is 6.54 Å². The van der Waals surface area contributed by atoms with Crippen molar-refractivity contribution in [3.05, 3.63) is 34.3 Å². The number of halogens is 1. The first-order valence-corrected chi connectivity index (χ1v) is 6.03. The van der Waals surface area contributed by atoms with Crippen molar-refractivity contribution in [3.8, 4) is 0 Å². The molecule has 0 aromatic heterocycles. The number of benzene rings is 1. The molecule has 1 atom stereocenters. The Bertz CT molecular complexity index is 294. The molecule has 2 heteroatoms. The van der Waals surface area contributed by atoms with Crippen LogP contribution in [0, 0.1) is 0 Å². The lowest BCUT2D eigenvalue weighted by Crippen LogP contribution is -2.26. The number of rotatable bonds is 2. The topological polar surface area (TPSA) is 3.24 Å². The van der Waals surface area contributed by atoms with E-state index in [0.29, 0.717) is 0 Å². The van der Waals surface area contributed by atoms with Gasteiger partial charge in [0, 0.05) is 17.1 Å². The second kappa shape index (κ2) is 4.45. The monoisotopic (exact) mass is 253 g/mol. The normalized spacial score (nSPS) is 22.9. The van der Waals surface area contributed by atoms with Gasteiger partial charge in [-0.2, -0.15) is 0 Å². The molecule has 76 valence electrons. The van der Waals surface area contributed by atoms with Crippen LogP contribution in [0.4, 0.5) is 0 Å². The van der Waals surface area contributed by atoms with Crippen LogP contribution in [0.2, 0.25) is 0 Å².